The van der Waals surface area contributed by atoms with Gasteiger partial charge in [-0.15, -0.1) is 11.8 Å². The Morgan fingerprint density at radius 2 is 2.41 bits per heavy atom. The lowest BCUT2D eigenvalue weighted by Crippen LogP contribution is -2.01. The average molecular weight is 253 g/mol. The Hall–Kier alpha value is -1.65. The molecule has 90 valence electrons. The SMILES string of the molecule is CC(CCO)Sc1ccc([N+](=O)[O-])c(C#N)n1. The van der Waals surface area contributed by atoms with Crippen molar-refractivity contribution in [1.82, 2.24) is 4.98 Å². The number of aliphatic hydroxyl groups is 1. The van der Waals surface area contributed by atoms with Crippen LogP contribution in [-0.2, 0) is 0 Å². The predicted molar refractivity (Wildman–Crippen MR) is 62.6 cm³/mol. The highest BCUT2D eigenvalue weighted by Gasteiger charge is 2.16. The van der Waals surface area contributed by atoms with Crippen LogP contribution in [0, 0.1) is 21.4 Å². The first-order chi connectivity index (χ1) is 8.08. The van der Waals surface area contributed by atoms with Crippen LogP contribution in [0.3, 0.4) is 0 Å². The molecule has 1 heterocycles. The largest absolute Gasteiger partial charge is 0.396 e. The van der Waals surface area contributed by atoms with Crippen molar-refractivity contribution in [2.24, 2.45) is 0 Å². The number of aliphatic hydroxyl groups excluding tert-OH is 1. The molecule has 7 heteroatoms. The van der Waals surface area contributed by atoms with Gasteiger partial charge in [0.25, 0.3) is 0 Å². The molecule has 1 unspecified atom stereocenters. The standard InChI is InChI=1S/C10H11N3O3S/c1-7(4-5-14)17-10-3-2-9(13(15)16)8(6-11)12-10/h2-3,7,14H,4-5H2,1H3. The zero-order valence-electron chi connectivity index (χ0n) is 9.16. The van der Waals surface area contributed by atoms with E-state index in [9.17, 15) is 10.1 Å². The van der Waals surface area contributed by atoms with Crippen molar-refractivity contribution in [2.75, 3.05) is 6.61 Å². The van der Waals surface area contributed by atoms with Crippen LogP contribution >= 0.6 is 11.8 Å². The number of thioether (sulfide) groups is 1. The van der Waals surface area contributed by atoms with Gasteiger partial charge in [-0.3, -0.25) is 10.1 Å². The predicted octanol–water partition coefficient (Wildman–Crippen LogP) is 1.72. The second kappa shape index (κ2) is 6.18. The maximum absolute atomic E-state index is 10.6. The van der Waals surface area contributed by atoms with Crippen LogP contribution in [0.4, 0.5) is 5.69 Å². The van der Waals surface area contributed by atoms with Gasteiger partial charge in [0, 0.05) is 17.9 Å². The minimum Gasteiger partial charge on any atom is -0.396 e. The Labute approximate surface area is 102 Å². The highest BCUT2D eigenvalue weighted by molar-refractivity contribution is 7.99. The third-order valence-electron chi connectivity index (χ3n) is 2.01. The van der Waals surface area contributed by atoms with E-state index in [2.05, 4.69) is 4.98 Å². The van der Waals surface area contributed by atoms with Gasteiger partial charge in [0.15, 0.2) is 0 Å². The molecular formula is C10H11N3O3S. The van der Waals surface area contributed by atoms with E-state index in [1.807, 2.05) is 6.92 Å². The summed E-state index contributed by atoms with van der Waals surface area (Å²) in [6, 6.07) is 4.50. The van der Waals surface area contributed by atoms with Gasteiger partial charge >= 0.3 is 5.69 Å². The molecule has 0 aromatic carbocycles. The molecule has 0 saturated heterocycles. The lowest BCUT2D eigenvalue weighted by molar-refractivity contribution is -0.385. The monoisotopic (exact) mass is 253 g/mol. The Kier molecular flexibility index (Phi) is 4.87. The van der Waals surface area contributed by atoms with Crippen molar-refractivity contribution in [2.45, 2.75) is 23.6 Å². The molecule has 0 radical (unpaired) electrons. The fourth-order valence-corrected chi connectivity index (χ4v) is 2.10. The van der Waals surface area contributed by atoms with Gasteiger partial charge in [-0.05, 0) is 12.5 Å². The van der Waals surface area contributed by atoms with E-state index in [0.717, 1.165) is 0 Å². The first-order valence-corrected chi connectivity index (χ1v) is 5.79. The van der Waals surface area contributed by atoms with Crippen LogP contribution in [0.5, 0.6) is 0 Å². The van der Waals surface area contributed by atoms with Crippen molar-refractivity contribution in [3.8, 4) is 6.07 Å². The number of rotatable bonds is 5. The smallest absolute Gasteiger partial charge is 0.305 e. The summed E-state index contributed by atoms with van der Waals surface area (Å²) in [6.07, 6.45) is 0.602. The minimum absolute atomic E-state index is 0.0756. The van der Waals surface area contributed by atoms with Crippen LogP contribution < -0.4 is 0 Å². The quantitative estimate of drug-likeness (QED) is 0.487. The maximum atomic E-state index is 10.6. The molecule has 0 aliphatic carbocycles. The van der Waals surface area contributed by atoms with E-state index in [-0.39, 0.29) is 23.2 Å². The third kappa shape index (κ3) is 3.69. The second-order valence-electron chi connectivity index (χ2n) is 3.33. The molecule has 0 spiro atoms. The van der Waals surface area contributed by atoms with Gasteiger partial charge in [-0.1, -0.05) is 6.92 Å². The Bertz CT molecular complexity index is 459. The molecule has 1 atom stereocenters. The van der Waals surface area contributed by atoms with Gasteiger partial charge in [0.1, 0.15) is 6.07 Å². The van der Waals surface area contributed by atoms with E-state index in [0.29, 0.717) is 11.4 Å². The number of hydrogen-bond donors (Lipinski definition) is 1. The number of nitrogens with zero attached hydrogens (tertiary/aromatic N) is 3. The van der Waals surface area contributed by atoms with Gasteiger partial charge in [0.2, 0.25) is 5.69 Å². The van der Waals surface area contributed by atoms with Crippen molar-refractivity contribution in [3.63, 3.8) is 0 Å². The highest BCUT2D eigenvalue weighted by Crippen LogP contribution is 2.26. The lowest BCUT2D eigenvalue weighted by Gasteiger charge is -2.08. The summed E-state index contributed by atoms with van der Waals surface area (Å²) in [7, 11) is 0. The Morgan fingerprint density at radius 1 is 1.71 bits per heavy atom. The molecule has 0 aliphatic heterocycles. The van der Waals surface area contributed by atoms with Crippen LogP contribution in [-0.4, -0.2) is 26.9 Å². The van der Waals surface area contributed by atoms with Gasteiger partial charge in [0.05, 0.1) is 9.95 Å². The van der Waals surface area contributed by atoms with E-state index in [1.165, 1.54) is 23.9 Å². The van der Waals surface area contributed by atoms with Crippen molar-refractivity contribution in [3.05, 3.63) is 27.9 Å². The van der Waals surface area contributed by atoms with Crippen LogP contribution in [0.15, 0.2) is 17.2 Å². The fraction of sp³-hybridized carbons (Fsp3) is 0.400. The van der Waals surface area contributed by atoms with Crippen LogP contribution in [0.25, 0.3) is 0 Å². The summed E-state index contributed by atoms with van der Waals surface area (Å²) in [5.74, 6) is 0. The zero-order chi connectivity index (χ0) is 12.8. The number of hydrogen-bond acceptors (Lipinski definition) is 6. The number of aromatic nitrogens is 1. The minimum atomic E-state index is -0.628. The molecule has 0 bridgehead atoms. The van der Waals surface area contributed by atoms with E-state index >= 15 is 0 Å². The molecule has 0 saturated carbocycles. The fourth-order valence-electron chi connectivity index (χ4n) is 1.18. The van der Waals surface area contributed by atoms with Gasteiger partial charge in [-0.2, -0.15) is 5.26 Å². The maximum Gasteiger partial charge on any atom is 0.305 e. The summed E-state index contributed by atoms with van der Waals surface area (Å²) >= 11 is 1.37. The number of nitriles is 1. The van der Waals surface area contributed by atoms with Crippen molar-refractivity contribution < 1.29 is 10.0 Å². The van der Waals surface area contributed by atoms with Gasteiger partial charge in [-0.25, -0.2) is 4.98 Å². The topological polar surface area (TPSA) is 100 Å². The summed E-state index contributed by atoms with van der Waals surface area (Å²) in [4.78, 5) is 13.9. The zero-order valence-corrected chi connectivity index (χ0v) is 9.98. The molecule has 1 aromatic heterocycles. The van der Waals surface area contributed by atoms with Crippen LogP contribution in [0.1, 0.15) is 19.0 Å². The third-order valence-corrected chi connectivity index (χ3v) is 3.12. The highest BCUT2D eigenvalue weighted by atomic mass is 32.2. The molecule has 17 heavy (non-hydrogen) atoms. The molecule has 1 aromatic rings. The summed E-state index contributed by atoms with van der Waals surface area (Å²) in [5.41, 5.74) is -0.470. The van der Waals surface area contributed by atoms with Crippen molar-refractivity contribution >= 4 is 17.4 Å². The molecule has 0 fully saturated rings. The first kappa shape index (κ1) is 13.4. The molecule has 1 rings (SSSR count). The first-order valence-electron chi connectivity index (χ1n) is 4.91. The van der Waals surface area contributed by atoms with Crippen molar-refractivity contribution in [1.29, 1.82) is 5.26 Å². The van der Waals surface area contributed by atoms with E-state index in [4.69, 9.17) is 10.4 Å². The summed E-state index contributed by atoms with van der Waals surface area (Å²) in [5, 5.41) is 28.8. The lowest BCUT2D eigenvalue weighted by atomic mass is 10.3. The van der Waals surface area contributed by atoms with E-state index < -0.39 is 4.92 Å². The average Bonchev–Trinajstić information content (AvgIpc) is 2.28. The summed E-state index contributed by atoms with van der Waals surface area (Å²) < 4.78 is 0. The van der Waals surface area contributed by atoms with E-state index in [1.54, 1.807) is 6.07 Å². The molecule has 1 N–H and O–H groups in total. The Morgan fingerprint density at radius 3 is 2.94 bits per heavy atom. The molecule has 0 aliphatic rings. The normalized spacial score (nSPS) is 11.8. The van der Waals surface area contributed by atoms with Crippen LogP contribution in [0.2, 0.25) is 0 Å². The number of nitro groups is 1. The molecule has 0 amide bonds. The molecular weight excluding hydrogens is 242 g/mol. The summed E-state index contributed by atoms with van der Waals surface area (Å²) in [6.45, 7) is 1.99. The Balaban J connectivity index is 2.91. The number of pyridine rings is 1. The second-order valence-corrected chi connectivity index (χ2v) is 4.79. The molecule has 6 nitrogen and oxygen atoms in total. The van der Waals surface area contributed by atoms with Gasteiger partial charge < -0.3 is 5.11 Å².